The van der Waals surface area contributed by atoms with Crippen molar-refractivity contribution < 1.29 is 34.4 Å². The second kappa shape index (κ2) is 10.2. The molecule has 7 atom stereocenters. The summed E-state index contributed by atoms with van der Waals surface area (Å²) in [6.45, 7) is 5.50. The van der Waals surface area contributed by atoms with E-state index in [1.165, 1.54) is 51.5 Å². The second-order valence-electron chi connectivity index (χ2n) is 13.8. The summed E-state index contributed by atoms with van der Waals surface area (Å²) in [5, 5.41) is 35.6. The van der Waals surface area contributed by atoms with Gasteiger partial charge in [0.15, 0.2) is 0 Å². The molecular formula is C31H48O7. The van der Waals surface area contributed by atoms with Crippen molar-refractivity contribution in [3.63, 3.8) is 0 Å². The largest absolute Gasteiger partial charge is 0.462 e. The van der Waals surface area contributed by atoms with Crippen LogP contribution in [0.5, 0.6) is 0 Å². The third-order valence-corrected chi connectivity index (χ3v) is 12.2. The van der Waals surface area contributed by atoms with Crippen LogP contribution in [0.15, 0.2) is 11.6 Å². The van der Waals surface area contributed by atoms with Crippen LogP contribution >= 0.6 is 0 Å². The molecule has 0 aromatic heterocycles. The van der Waals surface area contributed by atoms with E-state index < -0.39 is 23.2 Å². The van der Waals surface area contributed by atoms with Gasteiger partial charge in [0.05, 0.1) is 23.7 Å². The molecule has 0 aromatic rings. The third kappa shape index (κ3) is 4.35. The lowest BCUT2D eigenvalue weighted by Crippen LogP contribution is -2.74. The maximum absolute atomic E-state index is 12.6. The highest BCUT2D eigenvalue weighted by Gasteiger charge is 2.72. The molecule has 0 radical (unpaired) electrons. The standard InChI is InChI=1S/C31H48O7/c1-20-16-24(38-21(2)33)27-28(3,23-7-13-29(14-8-23)10-4-5-11-29)12-9-25(34)30(27,19-32)31(20,36)15-6-22-17-26(35)37-18-22/h17,20,23-25,27,32,34,36H,4-16,18-19H2,1-3H3. The van der Waals surface area contributed by atoms with Gasteiger partial charge in [0.25, 0.3) is 0 Å². The van der Waals surface area contributed by atoms with E-state index in [4.69, 9.17) is 9.47 Å². The average Bonchev–Trinajstić information content (AvgIpc) is 3.51. The Morgan fingerprint density at radius 2 is 1.82 bits per heavy atom. The van der Waals surface area contributed by atoms with Gasteiger partial charge in [-0.15, -0.1) is 0 Å². The van der Waals surface area contributed by atoms with Crippen molar-refractivity contribution in [2.75, 3.05) is 13.2 Å². The van der Waals surface area contributed by atoms with Gasteiger partial charge in [0, 0.05) is 18.9 Å². The Bertz CT molecular complexity index is 944. The van der Waals surface area contributed by atoms with Gasteiger partial charge >= 0.3 is 11.9 Å². The monoisotopic (exact) mass is 532 g/mol. The molecule has 0 bridgehead atoms. The van der Waals surface area contributed by atoms with E-state index in [1.807, 2.05) is 6.92 Å². The summed E-state index contributed by atoms with van der Waals surface area (Å²) in [5.74, 6) is -1.03. The molecule has 0 amide bonds. The van der Waals surface area contributed by atoms with Gasteiger partial charge in [-0.25, -0.2) is 4.79 Å². The third-order valence-electron chi connectivity index (χ3n) is 12.2. The fourth-order valence-corrected chi connectivity index (χ4v) is 10.1. The zero-order chi connectivity index (χ0) is 27.3. The Hall–Kier alpha value is -1.44. The molecule has 214 valence electrons. The molecule has 0 saturated heterocycles. The van der Waals surface area contributed by atoms with Crippen LogP contribution < -0.4 is 0 Å². The minimum Gasteiger partial charge on any atom is -0.462 e. The number of esters is 2. The average molecular weight is 533 g/mol. The molecule has 3 N–H and O–H groups in total. The normalized spacial score (nSPS) is 43.0. The van der Waals surface area contributed by atoms with E-state index in [1.54, 1.807) is 0 Å². The Kier molecular flexibility index (Phi) is 7.54. The molecule has 4 saturated carbocycles. The minimum atomic E-state index is -1.39. The summed E-state index contributed by atoms with van der Waals surface area (Å²) in [4.78, 5) is 24.0. The van der Waals surface area contributed by atoms with Crippen molar-refractivity contribution in [1.82, 2.24) is 0 Å². The summed E-state index contributed by atoms with van der Waals surface area (Å²) in [6, 6.07) is 0. The van der Waals surface area contributed by atoms with Crippen molar-refractivity contribution >= 4 is 11.9 Å². The van der Waals surface area contributed by atoms with Crippen LogP contribution in [-0.4, -0.2) is 58.3 Å². The molecule has 5 aliphatic rings. The van der Waals surface area contributed by atoms with Crippen LogP contribution in [0.2, 0.25) is 0 Å². The first-order valence-electron chi connectivity index (χ1n) is 15.0. The van der Waals surface area contributed by atoms with E-state index >= 15 is 0 Å². The number of ether oxygens (including phenoxy) is 2. The van der Waals surface area contributed by atoms with E-state index in [0.717, 1.165) is 24.8 Å². The van der Waals surface area contributed by atoms with Crippen LogP contribution in [0.3, 0.4) is 0 Å². The molecule has 1 spiro atoms. The topological polar surface area (TPSA) is 113 Å². The number of aliphatic hydroxyl groups is 3. The first-order chi connectivity index (χ1) is 18.0. The Labute approximate surface area is 227 Å². The number of hydrogen-bond acceptors (Lipinski definition) is 7. The lowest BCUT2D eigenvalue weighted by atomic mass is 9.39. The van der Waals surface area contributed by atoms with Gasteiger partial charge in [-0.3, -0.25) is 4.79 Å². The molecular weight excluding hydrogens is 484 g/mol. The molecule has 5 rings (SSSR count). The van der Waals surface area contributed by atoms with E-state index in [2.05, 4.69) is 6.92 Å². The molecule has 4 aliphatic carbocycles. The Morgan fingerprint density at radius 3 is 2.39 bits per heavy atom. The number of fused-ring (bicyclic) bond motifs is 1. The van der Waals surface area contributed by atoms with Crippen molar-refractivity contribution in [2.24, 2.45) is 34.0 Å². The lowest BCUT2D eigenvalue weighted by Gasteiger charge is -2.68. The SMILES string of the molecule is CC(=O)OC1CC(C)C(O)(CCC2=CC(=O)OC2)C2(CO)C(O)CCC(C)(C3CCC4(CCCC4)CC3)C12. The number of cyclic esters (lactones) is 1. The van der Waals surface area contributed by atoms with Gasteiger partial charge in [-0.2, -0.15) is 0 Å². The fraction of sp³-hybridized carbons (Fsp3) is 0.871. The Balaban J connectivity index is 1.52. The van der Waals surface area contributed by atoms with Crippen LogP contribution in [0.1, 0.15) is 104 Å². The molecule has 38 heavy (non-hydrogen) atoms. The van der Waals surface area contributed by atoms with E-state index in [0.29, 0.717) is 37.0 Å². The van der Waals surface area contributed by atoms with Gasteiger partial charge in [0.1, 0.15) is 12.7 Å². The summed E-state index contributed by atoms with van der Waals surface area (Å²) in [5.41, 5.74) is -1.60. The van der Waals surface area contributed by atoms with Gasteiger partial charge in [0.2, 0.25) is 0 Å². The van der Waals surface area contributed by atoms with Crippen molar-refractivity contribution in [2.45, 2.75) is 122 Å². The molecule has 7 nitrogen and oxygen atoms in total. The maximum atomic E-state index is 12.6. The van der Waals surface area contributed by atoms with Gasteiger partial charge < -0.3 is 24.8 Å². The second-order valence-corrected chi connectivity index (χ2v) is 13.8. The zero-order valence-electron chi connectivity index (χ0n) is 23.5. The van der Waals surface area contributed by atoms with Crippen LogP contribution in [0.4, 0.5) is 0 Å². The van der Waals surface area contributed by atoms with Crippen molar-refractivity contribution in [1.29, 1.82) is 0 Å². The number of carbonyl (C=O) groups excluding carboxylic acids is 2. The zero-order valence-corrected chi connectivity index (χ0v) is 23.5. The highest BCUT2D eigenvalue weighted by Crippen LogP contribution is 2.68. The van der Waals surface area contributed by atoms with E-state index in [-0.39, 0.29) is 42.4 Å². The first kappa shape index (κ1) is 28.1. The van der Waals surface area contributed by atoms with Gasteiger partial charge in [-0.1, -0.05) is 26.7 Å². The van der Waals surface area contributed by atoms with E-state index in [9.17, 15) is 24.9 Å². The molecule has 1 aliphatic heterocycles. The predicted molar refractivity (Wildman–Crippen MR) is 142 cm³/mol. The number of aliphatic hydroxyl groups excluding tert-OH is 2. The summed E-state index contributed by atoms with van der Waals surface area (Å²) in [6.07, 6.45) is 12.6. The Morgan fingerprint density at radius 1 is 1.13 bits per heavy atom. The van der Waals surface area contributed by atoms with Crippen LogP contribution in [-0.2, 0) is 19.1 Å². The number of rotatable bonds is 6. The molecule has 4 fully saturated rings. The number of hydrogen-bond donors (Lipinski definition) is 3. The quantitative estimate of drug-likeness (QED) is 0.433. The van der Waals surface area contributed by atoms with Gasteiger partial charge in [-0.05, 0) is 98.9 Å². The fourth-order valence-electron chi connectivity index (χ4n) is 10.1. The smallest absolute Gasteiger partial charge is 0.331 e. The highest BCUT2D eigenvalue weighted by atomic mass is 16.5. The minimum absolute atomic E-state index is 0.221. The van der Waals surface area contributed by atoms with Crippen molar-refractivity contribution in [3.05, 3.63) is 11.6 Å². The molecule has 0 aromatic carbocycles. The maximum Gasteiger partial charge on any atom is 0.331 e. The van der Waals surface area contributed by atoms with Crippen molar-refractivity contribution in [3.8, 4) is 0 Å². The summed E-state index contributed by atoms with van der Waals surface area (Å²) in [7, 11) is 0. The summed E-state index contributed by atoms with van der Waals surface area (Å²) < 4.78 is 11.1. The lowest BCUT2D eigenvalue weighted by molar-refractivity contribution is -0.308. The number of carbonyl (C=O) groups is 2. The first-order valence-corrected chi connectivity index (χ1v) is 15.0. The van der Waals surface area contributed by atoms with Crippen LogP contribution in [0.25, 0.3) is 0 Å². The predicted octanol–water partition coefficient (Wildman–Crippen LogP) is 4.46. The van der Waals surface area contributed by atoms with Crippen LogP contribution in [0, 0.1) is 34.0 Å². The molecule has 1 heterocycles. The summed E-state index contributed by atoms with van der Waals surface area (Å²) >= 11 is 0. The highest BCUT2D eigenvalue weighted by molar-refractivity contribution is 5.85. The molecule has 7 unspecified atom stereocenters. The molecule has 7 heteroatoms.